The van der Waals surface area contributed by atoms with E-state index in [1.54, 1.807) is 12.1 Å². The lowest BCUT2D eigenvalue weighted by atomic mass is 10.3. The van der Waals surface area contributed by atoms with Crippen molar-refractivity contribution in [2.24, 2.45) is 0 Å². The first-order valence-corrected chi connectivity index (χ1v) is 8.06. The SMILES string of the molecule is COc1ccc(Br)cc1S(=O)(=O)Nc1ccnc(Cl)c1. The Hall–Kier alpha value is -1.31. The summed E-state index contributed by atoms with van der Waals surface area (Å²) in [5, 5.41) is 0.200. The topological polar surface area (TPSA) is 68.3 Å². The first kappa shape index (κ1) is 15.1. The maximum absolute atomic E-state index is 12.4. The summed E-state index contributed by atoms with van der Waals surface area (Å²) >= 11 is 8.96. The number of rotatable bonds is 4. The molecule has 1 N–H and O–H groups in total. The molecule has 0 fully saturated rings. The number of anilines is 1. The predicted molar refractivity (Wildman–Crippen MR) is 80.7 cm³/mol. The van der Waals surface area contributed by atoms with E-state index in [2.05, 4.69) is 25.6 Å². The third kappa shape index (κ3) is 3.41. The van der Waals surface area contributed by atoms with Crippen molar-refractivity contribution in [3.05, 3.63) is 46.2 Å². The first-order valence-electron chi connectivity index (χ1n) is 5.40. The van der Waals surface area contributed by atoms with Gasteiger partial charge in [0.15, 0.2) is 0 Å². The minimum absolute atomic E-state index is 0.0299. The predicted octanol–water partition coefficient (Wildman–Crippen LogP) is 3.31. The van der Waals surface area contributed by atoms with Crippen LogP contribution >= 0.6 is 27.5 Å². The fraction of sp³-hybridized carbons (Fsp3) is 0.0833. The van der Waals surface area contributed by atoms with Gasteiger partial charge < -0.3 is 4.74 Å². The Morgan fingerprint density at radius 2 is 2.05 bits per heavy atom. The zero-order chi connectivity index (χ0) is 14.8. The molecule has 0 saturated heterocycles. The van der Waals surface area contributed by atoms with Gasteiger partial charge in [-0.2, -0.15) is 0 Å². The molecule has 0 unspecified atom stereocenters. The van der Waals surface area contributed by atoms with E-state index in [1.165, 1.54) is 31.5 Å². The molecule has 0 aliphatic rings. The van der Waals surface area contributed by atoms with Crippen LogP contribution in [0.1, 0.15) is 0 Å². The van der Waals surface area contributed by atoms with Gasteiger partial charge in [0.1, 0.15) is 15.8 Å². The maximum Gasteiger partial charge on any atom is 0.265 e. The number of benzene rings is 1. The zero-order valence-corrected chi connectivity index (χ0v) is 13.5. The van der Waals surface area contributed by atoms with Crippen LogP contribution in [-0.4, -0.2) is 20.5 Å². The second-order valence-electron chi connectivity index (χ2n) is 3.77. The highest BCUT2D eigenvalue weighted by Gasteiger charge is 2.20. The van der Waals surface area contributed by atoms with Gasteiger partial charge in [-0.1, -0.05) is 27.5 Å². The molecule has 0 aliphatic carbocycles. The van der Waals surface area contributed by atoms with E-state index in [9.17, 15) is 8.42 Å². The van der Waals surface area contributed by atoms with E-state index < -0.39 is 10.0 Å². The van der Waals surface area contributed by atoms with Crippen LogP contribution < -0.4 is 9.46 Å². The number of nitrogens with zero attached hydrogens (tertiary/aromatic N) is 1. The summed E-state index contributed by atoms with van der Waals surface area (Å²) in [6.45, 7) is 0. The molecule has 5 nitrogen and oxygen atoms in total. The van der Waals surface area contributed by atoms with E-state index in [1.807, 2.05) is 0 Å². The number of hydrogen-bond acceptors (Lipinski definition) is 4. The first-order chi connectivity index (χ1) is 9.42. The van der Waals surface area contributed by atoms with Crippen LogP contribution in [-0.2, 0) is 10.0 Å². The van der Waals surface area contributed by atoms with Crippen LogP contribution in [0.3, 0.4) is 0 Å². The van der Waals surface area contributed by atoms with Gasteiger partial charge in [0.25, 0.3) is 10.0 Å². The summed E-state index contributed by atoms with van der Waals surface area (Å²) in [6.07, 6.45) is 1.42. The van der Waals surface area contributed by atoms with Crippen LogP contribution in [0.4, 0.5) is 5.69 Å². The Balaban J connectivity index is 2.43. The number of ether oxygens (including phenoxy) is 1. The third-order valence-corrected chi connectivity index (χ3v) is 4.50. The van der Waals surface area contributed by atoms with Gasteiger partial charge in [-0.25, -0.2) is 13.4 Å². The average Bonchev–Trinajstić information content (AvgIpc) is 2.38. The molecule has 0 spiro atoms. The molecule has 1 aromatic carbocycles. The average molecular weight is 378 g/mol. The summed E-state index contributed by atoms with van der Waals surface area (Å²) in [4.78, 5) is 3.82. The van der Waals surface area contributed by atoms with Gasteiger partial charge in [0.2, 0.25) is 0 Å². The molecule has 2 aromatic rings. The summed E-state index contributed by atoms with van der Waals surface area (Å²) in [5.41, 5.74) is 0.326. The molecule has 0 bridgehead atoms. The van der Waals surface area contributed by atoms with Crippen LogP contribution in [0.25, 0.3) is 0 Å². The van der Waals surface area contributed by atoms with E-state index in [-0.39, 0.29) is 15.8 Å². The van der Waals surface area contributed by atoms with Gasteiger partial charge >= 0.3 is 0 Å². The van der Waals surface area contributed by atoms with Gasteiger partial charge in [-0.15, -0.1) is 0 Å². The van der Waals surface area contributed by atoms with Crippen molar-refractivity contribution in [2.75, 3.05) is 11.8 Å². The van der Waals surface area contributed by atoms with Gasteiger partial charge in [-0.3, -0.25) is 4.72 Å². The fourth-order valence-electron chi connectivity index (χ4n) is 1.54. The summed E-state index contributed by atoms with van der Waals surface area (Å²) in [7, 11) is -2.38. The number of sulfonamides is 1. The molecule has 106 valence electrons. The highest BCUT2D eigenvalue weighted by Crippen LogP contribution is 2.29. The number of nitrogens with one attached hydrogen (secondary N) is 1. The van der Waals surface area contributed by atoms with E-state index >= 15 is 0 Å². The molecule has 1 aromatic heterocycles. The van der Waals surface area contributed by atoms with Crippen LogP contribution in [0.5, 0.6) is 5.75 Å². The van der Waals surface area contributed by atoms with Crippen molar-refractivity contribution < 1.29 is 13.2 Å². The third-order valence-electron chi connectivity index (χ3n) is 2.39. The van der Waals surface area contributed by atoms with Crippen LogP contribution in [0, 0.1) is 0 Å². The Morgan fingerprint density at radius 3 is 2.70 bits per heavy atom. The van der Waals surface area contributed by atoms with Gasteiger partial charge in [0.05, 0.1) is 12.8 Å². The number of methoxy groups -OCH3 is 1. The minimum Gasteiger partial charge on any atom is -0.495 e. The molecule has 0 saturated carbocycles. The molecule has 0 atom stereocenters. The standard InChI is InChI=1S/C12H10BrClN2O3S/c1-19-10-3-2-8(13)6-11(10)20(17,18)16-9-4-5-15-12(14)7-9/h2-7H,1H3,(H,15,16). The van der Waals surface area contributed by atoms with Crippen LogP contribution in [0.2, 0.25) is 5.15 Å². The lowest BCUT2D eigenvalue weighted by Crippen LogP contribution is -2.14. The zero-order valence-electron chi connectivity index (χ0n) is 10.3. The summed E-state index contributed by atoms with van der Waals surface area (Å²) in [5.74, 6) is 0.251. The monoisotopic (exact) mass is 376 g/mol. The molecule has 0 aliphatic heterocycles. The number of aromatic nitrogens is 1. The highest BCUT2D eigenvalue weighted by molar-refractivity contribution is 9.10. The van der Waals surface area contributed by atoms with Crippen molar-refractivity contribution in [1.29, 1.82) is 0 Å². The van der Waals surface area contributed by atoms with Crippen molar-refractivity contribution in [2.45, 2.75) is 4.90 Å². The number of pyridine rings is 1. The molecule has 0 amide bonds. The Morgan fingerprint density at radius 1 is 1.30 bits per heavy atom. The number of hydrogen-bond donors (Lipinski definition) is 1. The van der Waals surface area contributed by atoms with Crippen molar-refractivity contribution in [3.63, 3.8) is 0 Å². The molecular formula is C12H10BrClN2O3S. The molecule has 1 heterocycles. The largest absolute Gasteiger partial charge is 0.495 e. The highest BCUT2D eigenvalue weighted by atomic mass is 79.9. The second-order valence-corrected chi connectivity index (χ2v) is 6.72. The minimum atomic E-state index is -3.79. The smallest absolute Gasteiger partial charge is 0.265 e. The Bertz CT molecular complexity index is 737. The van der Waals surface area contributed by atoms with E-state index in [4.69, 9.17) is 16.3 Å². The maximum atomic E-state index is 12.4. The van der Waals surface area contributed by atoms with Crippen LogP contribution in [0.15, 0.2) is 45.9 Å². The van der Waals surface area contributed by atoms with Gasteiger partial charge in [0, 0.05) is 10.7 Å². The molecule has 2 rings (SSSR count). The quantitative estimate of drug-likeness (QED) is 0.830. The molecular weight excluding hydrogens is 368 g/mol. The van der Waals surface area contributed by atoms with E-state index in [0.29, 0.717) is 10.2 Å². The lowest BCUT2D eigenvalue weighted by molar-refractivity contribution is 0.403. The number of halogens is 2. The normalized spacial score (nSPS) is 11.2. The van der Waals surface area contributed by atoms with Crippen molar-refractivity contribution in [3.8, 4) is 5.75 Å². The summed E-state index contributed by atoms with van der Waals surface area (Å²) in [6, 6.07) is 7.65. The molecule has 20 heavy (non-hydrogen) atoms. The Labute approximate surface area is 130 Å². The van der Waals surface area contributed by atoms with Crippen molar-refractivity contribution in [1.82, 2.24) is 4.98 Å². The van der Waals surface area contributed by atoms with Gasteiger partial charge in [-0.05, 0) is 30.3 Å². The van der Waals surface area contributed by atoms with Crippen molar-refractivity contribution >= 4 is 43.2 Å². The summed E-state index contributed by atoms with van der Waals surface area (Å²) < 4.78 is 32.9. The lowest BCUT2D eigenvalue weighted by Gasteiger charge is -2.12. The Kier molecular flexibility index (Phi) is 4.52. The fourth-order valence-corrected chi connectivity index (χ4v) is 3.47. The molecule has 0 radical (unpaired) electrons. The van der Waals surface area contributed by atoms with E-state index in [0.717, 1.165) is 0 Å². The second kappa shape index (κ2) is 5.99. The molecule has 8 heteroatoms.